The standard InChI is InChI=1S/C17H14ClFN2O2/c1-10-3-2-4-11(7-10)20-15-9-16(22)21(17(15)23)12-5-6-14(19)13(18)8-12/h2-8,15,20H,9H2,1H3/t15-/m0/s1. The first-order valence-electron chi connectivity index (χ1n) is 7.11. The molecule has 2 aromatic carbocycles. The fraction of sp³-hybridized carbons (Fsp3) is 0.176. The van der Waals surface area contributed by atoms with Gasteiger partial charge in [0, 0.05) is 5.69 Å². The molecule has 1 heterocycles. The summed E-state index contributed by atoms with van der Waals surface area (Å²) in [7, 11) is 0. The van der Waals surface area contributed by atoms with Gasteiger partial charge in [-0.1, -0.05) is 23.7 Å². The molecule has 0 aromatic heterocycles. The molecular formula is C17H14ClFN2O2. The summed E-state index contributed by atoms with van der Waals surface area (Å²) in [6, 6.07) is 10.7. The number of anilines is 2. The topological polar surface area (TPSA) is 49.4 Å². The Kier molecular flexibility index (Phi) is 4.05. The Hall–Kier alpha value is -2.40. The third-order valence-electron chi connectivity index (χ3n) is 3.67. The molecule has 1 aliphatic heterocycles. The van der Waals surface area contributed by atoms with Gasteiger partial charge in [-0.2, -0.15) is 0 Å². The van der Waals surface area contributed by atoms with Crippen LogP contribution in [0.1, 0.15) is 12.0 Å². The first kappa shape index (κ1) is 15.5. The predicted molar refractivity (Wildman–Crippen MR) is 87.1 cm³/mol. The van der Waals surface area contributed by atoms with E-state index in [1.165, 1.54) is 12.1 Å². The Morgan fingerprint density at radius 2 is 2.00 bits per heavy atom. The molecule has 2 amide bonds. The number of carbonyl (C=O) groups is 2. The quantitative estimate of drug-likeness (QED) is 0.875. The van der Waals surface area contributed by atoms with Gasteiger partial charge in [-0.3, -0.25) is 9.59 Å². The zero-order chi connectivity index (χ0) is 16.6. The molecule has 1 fully saturated rings. The van der Waals surface area contributed by atoms with Crippen LogP contribution < -0.4 is 10.2 Å². The molecule has 1 atom stereocenters. The highest BCUT2D eigenvalue weighted by Crippen LogP contribution is 2.28. The number of imide groups is 1. The van der Waals surface area contributed by atoms with Crippen molar-refractivity contribution in [3.8, 4) is 0 Å². The SMILES string of the molecule is Cc1cccc(N[C@H]2CC(=O)N(c3ccc(F)c(Cl)c3)C2=O)c1. The fourth-order valence-electron chi connectivity index (χ4n) is 2.58. The summed E-state index contributed by atoms with van der Waals surface area (Å²) in [4.78, 5) is 25.7. The Morgan fingerprint density at radius 3 is 2.70 bits per heavy atom. The summed E-state index contributed by atoms with van der Waals surface area (Å²) in [6.45, 7) is 1.94. The molecule has 2 aromatic rings. The van der Waals surface area contributed by atoms with E-state index in [0.717, 1.165) is 22.2 Å². The van der Waals surface area contributed by atoms with Crippen molar-refractivity contribution < 1.29 is 14.0 Å². The molecule has 3 rings (SSSR count). The largest absolute Gasteiger partial charge is 0.373 e. The molecule has 1 aliphatic rings. The average molecular weight is 333 g/mol. The maximum Gasteiger partial charge on any atom is 0.256 e. The Morgan fingerprint density at radius 1 is 1.22 bits per heavy atom. The van der Waals surface area contributed by atoms with Gasteiger partial charge in [0.1, 0.15) is 11.9 Å². The molecule has 0 bridgehead atoms. The lowest BCUT2D eigenvalue weighted by atomic mass is 10.2. The lowest BCUT2D eigenvalue weighted by Crippen LogP contribution is -2.34. The van der Waals surface area contributed by atoms with E-state index in [1.54, 1.807) is 0 Å². The summed E-state index contributed by atoms with van der Waals surface area (Å²) in [5.74, 6) is -1.31. The Labute approximate surface area is 137 Å². The highest BCUT2D eigenvalue weighted by atomic mass is 35.5. The summed E-state index contributed by atoms with van der Waals surface area (Å²) in [5.41, 5.74) is 2.10. The Bertz CT molecular complexity index is 794. The minimum Gasteiger partial charge on any atom is -0.373 e. The van der Waals surface area contributed by atoms with E-state index in [4.69, 9.17) is 11.6 Å². The zero-order valence-electron chi connectivity index (χ0n) is 12.3. The van der Waals surface area contributed by atoms with Crippen LogP contribution in [0, 0.1) is 12.7 Å². The number of nitrogens with zero attached hydrogens (tertiary/aromatic N) is 1. The van der Waals surface area contributed by atoms with E-state index in [9.17, 15) is 14.0 Å². The van der Waals surface area contributed by atoms with E-state index in [-0.39, 0.29) is 28.9 Å². The van der Waals surface area contributed by atoms with Crippen LogP contribution in [0.3, 0.4) is 0 Å². The summed E-state index contributed by atoms with van der Waals surface area (Å²) in [6.07, 6.45) is 0.0434. The first-order valence-corrected chi connectivity index (χ1v) is 7.48. The van der Waals surface area contributed by atoms with Crippen LogP contribution in [0.15, 0.2) is 42.5 Å². The third-order valence-corrected chi connectivity index (χ3v) is 3.96. The monoisotopic (exact) mass is 332 g/mol. The maximum absolute atomic E-state index is 13.2. The van der Waals surface area contributed by atoms with Gasteiger partial charge in [0.2, 0.25) is 5.91 Å². The van der Waals surface area contributed by atoms with Gasteiger partial charge < -0.3 is 5.32 Å². The van der Waals surface area contributed by atoms with Crippen LogP contribution in [0.25, 0.3) is 0 Å². The van der Waals surface area contributed by atoms with Crippen molar-refractivity contribution >= 4 is 34.8 Å². The van der Waals surface area contributed by atoms with Crippen molar-refractivity contribution in [2.45, 2.75) is 19.4 Å². The molecule has 0 radical (unpaired) electrons. The fourth-order valence-corrected chi connectivity index (χ4v) is 2.75. The minimum atomic E-state index is -0.645. The van der Waals surface area contributed by atoms with Crippen LogP contribution >= 0.6 is 11.6 Å². The highest BCUT2D eigenvalue weighted by Gasteiger charge is 2.39. The smallest absolute Gasteiger partial charge is 0.256 e. The predicted octanol–water partition coefficient (Wildman–Crippen LogP) is 3.53. The number of aryl methyl sites for hydroxylation is 1. The van der Waals surface area contributed by atoms with E-state index >= 15 is 0 Å². The number of hydrogen-bond donors (Lipinski definition) is 1. The summed E-state index contributed by atoms with van der Waals surface area (Å²) in [5, 5.41) is 2.94. The second kappa shape index (κ2) is 6.01. The number of benzene rings is 2. The van der Waals surface area contributed by atoms with E-state index < -0.39 is 11.9 Å². The minimum absolute atomic E-state index is 0.0434. The number of rotatable bonds is 3. The van der Waals surface area contributed by atoms with Crippen molar-refractivity contribution in [1.29, 1.82) is 0 Å². The highest BCUT2D eigenvalue weighted by molar-refractivity contribution is 6.31. The van der Waals surface area contributed by atoms with Gasteiger partial charge in [-0.05, 0) is 42.8 Å². The van der Waals surface area contributed by atoms with E-state index in [2.05, 4.69) is 5.32 Å². The van der Waals surface area contributed by atoms with Crippen LogP contribution in [-0.2, 0) is 9.59 Å². The van der Waals surface area contributed by atoms with Gasteiger partial charge in [-0.25, -0.2) is 9.29 Å². The first-order chi connectivity index (χ1) is 11.0. The van der Waals surface area contributed by atoms with Crippen LogP contribution in [0.4, 0.5) is 15.8 Å². The van der Waals surface area contributed by atoms with Crippen molar-refractivity contribution in [1.82, 2.24) is 0 Å². The van der Waals surface area contributed by atoms with Crippen molar-refractivity contribution in [2.24, 2.45) is 0 Å². The number of hydrogen-bond acceptors (Lipinski definition) is 3. The van der Waals surface area contributed by atoms with Gasteiger partial charge in [-0.15, -0.1) is 0 Å². The molecule has 4 nitrogen and oxygen atoms in total. The molecule has 0 aliphatic carbocycles. The summed E-state index contributed by atoms with van der Waals surface area (Å²) >= 11 is 5.73. The molecule has 118 valence electrons. The number of nitrogens with one attached hydrogen (secondary N) is 1. The van der Waals surface area contributed by atoms with Crippen LogP contribution in [0.2, 0.25) is 5.02 Å². The number of amides is 2. The number of halogens is 2. The van der Waals surface area contributed by atoms with E-state index in [1.807, 2.05) is 31.2 Å². The molecule has 23 heavy (non-hydrogen) atoms. The maximum atomic E-state index is 13.2. The Balaban J connectivity index is 1.83. The van der Waals surface area contributed by atoms with Gasteiger partial charge in [0.05, 0.1) is 17.1 Å². The van der Waals surface area contributed by atoms with E-state index in [0.29, 0.717) is 0 Å². The van der Waals surface area contributed by atoms with Crippen molar-refractivity contribution in [3.63, 3.8) is 0 Å². The normalized spacial score (nSPS) is 17.7. The molecule has 1 saturated heterocycles. The molecule has 0 unspecified atom stereocenters. The van der Waals surface area contributed by atoms with Crippen LogP contribution in [-0.4, -0.2) is 17.9 Å². The lowest BCUT2D eigenvalue weighted by Gasteiger charge is -2.16. The second-order valence-corrected chi connectivity index (χ2v) is 5.84. The molecule has 0 spiro atoms. The zero-order valence-corrected chi connectivity index (χ0v) is 13.1. The second-order valence-electron chi connectivity index (χ2n) is 5.44. The molecule has 0 saturated carbocycles. The van der Waals surface area contributed by atoms with Gasteiger partial charge in [0.25, 0.3) is 5.91 Å². The molecule has 1 N–H and O–H groups in total. The molecular weight excluding hydrogens is 319 g/mol. The molecule has 6 heteroatoms. The van der Waals surface area contributed by atoms with Gasteiger partial charge >= 0.3 is 0 Å². The lowest BCUT2D eigenvalue weighted by molar-refractivity contribution is -0.121. The van der Waals surface area contributed by atoms with Crippen LogP contribution in [0.5, 0.6) is 0 Å². The average Bonchev–Trinajstić information content (AvgIpc) is 2.77. The van der Waals surface area contributed by atoms with Crippen molar-refractivity contribution in [2.75, 3.05) is 10.2 Å². The summed E-state index contributed by atoms with van der Waals surface area (Å²) < 4.78 is 13.2. The van der Waals surface area contributed by atoms with Crippen molar-refractivity contribution in [3.05, 3.63) is 58.9 Å². The van der Waals surface area contributed by atoms with Gasteiger partial charge in [0.15, 0.2) is 0 Å². The number of carbonyl (C=O) groups excluding carboxylic acids is 2. The third kappa shape index (κ3) is 3.05.